The average Bonchev–Trinajstić information content (AvgIpc) is 2.71. The van der Waals surface area contributed by atoms with Crippen LogP contribution < -0.4 is 5.32 Å². The van der Waals surface area contributed by atoms with Gasteiger partial charge in [-0.1, -0.05) is 25.3 Å². The summed E-state index contributed by atoms with van der Waals surface area (Å²) >= 11 is 1.51. The van der Waals surface area contributed by atoms with Gasteiger partial charge in [0.2, 0.25) is 0 Å². The Morgan fingerprint density at radius 2 is 2.20 bits per heavy atom. The van der Waals surface area contributed by atoms with E-state index in [-0.39, 0.29) is 0 Å². The summed E-state index contributed by atoms with van der Waals surface area (Å²) in [4.78, 5) is 1.27. The van der Waals surface area contributed by atoms with Crippen molar-refractivity contribution < 1.29 is 0 Å². The molecule has 0 saturated carbocycles. The van der Waals surface area contributed by atoms with E-state index in [9.17, 15) is 0 Å². The molecule has 0 spiro atoms. The maximum absolute atomic E-state index is 3.93. The third-order valence-electron chi connectivity index (χ3n) is 2.40. The van der Waals surface area contributed by atoms with Gasteiger partial charge in [0.15, 0.2) is 0 Å². The minimum Gasteiger partial charge on any atom is -0.309 e. The molecule has 15 heavy (non-hydrogen) atoms. The van der Waals surface area contributed by atoms with Crippen LogP contribution in [0.15, 0.2) is 6.20 Å². The lowest BCUT2D eigenvalue weighted by Crippen LogP contribution is -2.21. The van der Waals surface area contributed by atoms with Crippen LogP contribution in [0.5, 0.6) is 0 Å². The zero-order valence-electron chi connectivity index (χ0n) is 9.86. The highest BCUT2D eigenvalue weighted by atomic mass is 32.1. The monoisotopic (exact) mass is 227 g/mol. The van der Waals surface area contributed by atoms with Crippen LogP contribution in [0.4, 0.5) is 0 Å². The van der Waals surface area contributed by atoms with E-state index in [0.29, 0.717) is 6.04 Å². The Bertz CT molecular complexity index is 246. The van der Waals surface area contributed by atoms with Crippen LogP contribution in [-0.2, 0) is 0 Å². The van der Waals surface area contributed by atoms with Crippen molar-refractivity contribution in [3.63, 3.8) is 0 Å². The second-order valence-electron chi connectivity index (χ2n) is 4.30. The third-order valence-corrected chi connectivity index (χ3v) is 3.17. The molecule has 1 rings (SSSR count). The largest absolute Gasteiger partial charge is 0.309 e. The van der Waals surface area contributed by atoms with E-state index >= 15 is 0 Å². The highest BCUT2D eigenvalue weighted by molar-refractivity contribution is 7.05. The second-order valence-corrected chi connectivity index (χ2v) is 5.12. The quantitative estimate of drug-likeness (QED) is 0.778. The van der Waals surface area contributed by atoms with Crippen molar-refractivity contribution in [2.24, 2.45) is 5.92 Å². The van der Waals surface area contributed by atoms with E-state index in [2.05, 4.69) is 35.7 Å². The predicted octanol–water partition coefficient (Wildman–Crippen LogP) is 3.02. The first-order valence-electron chi connectivity index (χ1n) is 5.74. The fourth-order valence-corrected chi connectivity index (χ4v) is 2.10. The fourth-order valence-electron chi connectivity index (χ4n) is 1.49. The normalized spacial score (nSPS) is 13.3. The Hall–Kier alpha value is -0.480. The molecule has 1 unspecified atom stereocenters. The Morgan fingerprint density at radius 1 is 1.40 bits per heavy atom. The Kier molecular flexibility index (Phi) is 5.79. The summed E-state index contributed by atoms with van der Waals surface area (Å²) < 4.78 is 3.93. The lowest BCUT2D eigenvalue weighted by molar-refractivity contribution is 0.445. The van der Waals surface area contributed by atoms with E-state index in [4.69, 9.17) is 0 Å². The highest BCUT2D eigenvalue weighted by Crippen LogP contribution is 2.22. The van der Waals surface area contributed by atoms with Crippen molar-refractivity contribution in [3.05, 3.63) is 11.1 Å². The molecule has 0 aliphatic heterocycles. The summed E-state index contributed by atoms with van der Waals surface area (Å²) in [5, 5.41) is 7.46. The summed E-state index contributed by atoms with van der Waals surface area (Å²) in [5.74, 6) is 0.761. The van der Waals surface area contributed by atoms with Crippen molar-refractivity contribution in [2.45, 2.75) is 46.1 Å². The molecule has 0 aliphatic rings. The van der Waals surface area contributed by atoms with Gasteiger partial charge in [-0.05, 0) is 43.3 Å². The van der Waals surface area contributed by atoms with Crippen molar-refractivity contribution in [2.75, 3.05) is 6.54 Å². The zero-order chi connectivity index (χ0) is 11.1. The van der Waals surface area contributed by atoms with Gasteiger partial charge in [0.05, 0.1) is 11.1 Å². The second kappa shape index (κ2) is 6.90. The molecule has 1 atom stereocenters. The first-order chi connectivity index (χ1) is 7.24. The molecule has 0 fully saturated rings. The molecular weight excluding hydrogens is 206 g/mol. The van der Waals surface area contributed by atoms with Gasteiger partial charge < -0.3 is 5.32 Å². The Morgan fingerprint density at radius 3 is 2.73 bits per heavy atom. The van der Waals surface area contributed by atoms with Gasteiger partial charge in [0.1, 0.15) is 0 Å². The van der Waals surface area contributed by atoms with Crippen molar-refractivity contribution in [1.82, 2.24) is 14.9 Å². The highest BCUT2D eigenvalue weighted by Gasteiger charge is 2.13. The van der Waals surface area contributed by atoms with E-state index < -0.39 is 0 Å². The number of nitrogens with one attached hydrogen (secondary N) is 1. The number of hydrogen-bond donors (Lipinski definition) is 1. The summed E-state index contributed by atoms with van der Waals surface area (Å²) in [6, 6.07) is 0.451. The molecule has 1 heterocycles. The van der Waals surface area contributed by atoms with Crippen LogP contribution >= 0.6 is 11.5 Å². The van der Waals surface area contributed by atoms with E-state index in [1.54, 1.807) is 0 Å². The van der Waals surface area contributed by atoms with Crippen LogP contribution in [0.1, 0.15) is 51.0 Å². The molecule has 1 aromatic heterocycles. The molecule has 1 aromatic rings. The average molecular weight is 227 g/mol. The fraction of sp³-hybridized carbons (Fsp3) is 0.818. The molecule has 0 amide bonds. The SMILES string of the molecule is CCCNC(CCC(C)C)c1cnns1. The minimum atomic E-state index is 0.451. The lowest BCUT2D eigenvalue weighted by Gasteiger charge is -2.17. The maximum atomic E-state index is 3.93. The van der Waals surface area contributed by atoms with E-state index in [0.717, 1.165) is 12.5 Å². The smallest absolute Gasteiger partial charge is 0.0669 e. The number of aromatic nitrogens is 2. The van der Waals surface area contributed by atoms with E-state index in [1.165, 1.54) is 35.7 Å². The van der Waals surface area contributed by atoms with E-state index in [1.807, 2.05) is 6.20 Å². The summed E-state index contributed by atoms with van der Waals surface area (Å²) in [6.45, 7) is 7.79. The van der Waals surface area contributed by atoms with Crippen molar-refractivity contribution in [3.8, 4) is 0 Å². The molecule has 0 radical (unpaired) electrons. The molecular formula is C11H21N3S. The van der Waals surface area contributed by atoms with Crippen LogP contribution in [0, 0.1) is 5.92 Å². The van der Waals surface area contributed by atoms with Gasteiger partial charge in [-0.25, -0.2) is 0 Å². The van der Waals surface area contributed by atoms with Gasteiger partial charge >= 0.3 is 0 Å². The van der Waals surface area contributed by atoms with Gasteiger partial charge in [0, 0.05) is 6.04 Å². The van der Waals surface area contributed by atoms with Crippen molar-refractivity contribution in [1.29, 1.82) is 0 Å². The molecule has 3 nitrogen and oxygen atoms in total. The minimum absolute atomic E-state index is 0.451. The third kappa shape index (κ3) is 4.71. The summed E-state index contributed by atoms with van der Waals surface area (Å²) in [7, 11) is 0. The van der Waals surface area contributed by atoms with Gasteiger partial charge in [-0.3, -0.25) is 0 Å². The predicted molar refractivity (Wildman–Crippen MR) is 65.0 cm³/mol. The van der Waals surface area contributed by atoms with Crippen LogP contribution in [0.25, 0.3) is 0 Å². The topological polar surface area (TPSA) is 37.8 Å². The lowest BCUT2D eigenvalue weighted by atomic mass is 10.0. The van der Waals surface area contributed by atoms with Crippen LogP contribution in [-0.4, -0.2) is 16.1 Å². The number of hydrogen-bond acceptors (Lipinski definition) is 4. The summed E-state index contributed by atoms with van der Waals surface area (Å²) in [6.07, 6.45) is 5.49. The molecule has 0 aliphatic carbocycles. The van der Waals surface area contributed by atoms with Crippen LogP contribution in [0.3, 0.4) is 0 Å². The molecule has 4 heteroatoms. The Labute approximate surface area is 96.5 Å². The molecule has 0 saturated heterocycles. The number of nitrogens with zero attached hydrogens (tertiary/aromatic N) is 2. The van der Waals surface area contributed by atoms with Crippen LogP contribution in [0.2, 0.25) is 0 Å². The molecule has 0 bridgehead atoms. The number of rotatable bonds is 7. The first kappa shape index (κ1) is 12.6. The molecule has 86 valence electrons. The van der Waals surface area contributed by atoms with Gasteiger partial charge in [0.25, 0.3) is 0 Å². The van der Waals surface area contributed by atoms with Gasteiger partial charge in [-0.15, -0.1) is 5.10 Å². The van der Waals surface area contributed by atoms with Gasteiger partial charge in [-0.2, -0.15) is 0 Å². The summed E-state index contributed by atoms with van der Waals surface area (Å²) in [5.41, 5.74) is 0. The first-order valence-corrected chi connectivity index (χ1v) is 6.52. The zero-order valence-corrected chi connectivity index (χ0v) is 10.7. The molecule has 1 N–H and O–H groups in total. The van der Waals surface area contributed by atoms with Crippen molar-refractivity contribution >= 4 is 11.5 Å². The molecule has 0 aromatic carbocycles. The maximum Gasteiger partial charge on any atom is 0.0669 e. The standard InChI is InChI=1S/C11H21N3S/c1-4-7-12-10(6-5-9(2)3)11-8-13-14-15-11/h8-10,12H,4-7H2,1-3H3. The Balaban J connectivity index is 2.46.